The minimum absolute atomic E-state index is 0.0492. The van der Waals surface area contributed by atoms with Crippen LogP contribution in [0.25, 0.3) is 5.69 Å². The Morgan fingerprint density at radius 1 is 1.45 bits per heavy atom. The second-order valence-corrected chi connectivity index (χ2v) is 4.58. The number of carbonyl (C=O) groups is 1. The highest BCUT2D eigenvalue weighted by Gasteiger charge is 2.16. The maximum Gasteiger partial charge on any atom is 0.293 e. The van der Waals surface area contributed by atoms with Crippen LogP contribution in [0.3, 0.4) is 0 Å². The molecule has 0 spiro atoms. The van der Waals surface area contributed by atoms with Gasteiger partial charge in [0, 0.05) is 5.02 Å². The highest BCUT2D eigenvalue weighted by Crippen LogP contribution is 2.11. The lowest BCUT2D eigenvalue weighted by Gasteiger charge is -2.11. The number of halogens is 1. The summed E-state index contributed by atoms with van der Waals surface area (Å²) in [5.41, 5.74) is 0.648. The normalized spacial score (nSPS) is 12.2. The van der Waals surface area contributed by atoms with Crippen molar-refractivity contribution in [3.63, 3.8) is 0 Å². The molecular formula is C12H14ClN5O2. The van der Waals surface area contributed by atoms with Crippen LogP contribution < -0.4 is 5.32 Å². The number of benzene rings is 1. The first-order chi connectivity index (χ1) is 9.63. The highest BCUT2D eigenvalue weighted by molar-refractivity contribution is 6.30. The third-order valence-electron chi connectivity index (χ3n) is 2.72. The second-order valence-electron chi connectivity index (χ2n) is 4.14. The number of aliphatic hydroxyl groups excluding tert-OH is 1. The molecule has 1 atom stereocenters. The van der Waals surface area contributed by atoms with Gasteiger partial charge in [-0.25, -0.2) is 0 Å². The lowest BCUT2D eigenvalue weighted by atomic mass is 10.2. The van der Waals surface area contributed by atoms with Crippen LogP contribution in [0.5, 0.6) is 0 Å². The molecule has 2 rings (SSSR count). The molecular weight excluding hydrogens is 282 g/mol. The van der Waals surface area contributed by atoms with E-state index in [1.165, 1.54) is 4.80 Å². The summed E-state index contributed by atoms with van der Waals surface area (Å²) in [6.07, 6.45) is 0.619. The number of carbonyl (C=O) groups excluding carboxylic acids is 1. The molecule has 8 heteroatoms. The molecule has 0 saturated carbocycles. The predicted molar refractivity (Wildman–Crippen MR) is 72.8 cm³/mol. The van der Waals surface area contributed by atoms with E-state index < -0.39 is 5.91 Å². The minimum atomic E-state index is -0.467. The summed E-state index contributed by atoms with van der Waals surface area (Å²) in [5, 5.41) is 23.7. The zero-order chi connectivity index (χ0) is 14.5. The number of aromatic nitrogens is 4. The monoisotopic (exact) mass is 295 g/mol. The maximum absolute atomic E-state index is 11.8. The van der Waals surface area contributed by atoms with Gasteiger partial charge in [-0.15, -0.1) is 15.0 Å². The summed E-state index contributed by atoms with van der Waals surface area (Å²) >= 11 is 5.79. The van der Waals surface area contributed by atoms with Gasteiger partial charge in [0.15, 0.2) is 0 Å². The molecule has 20 heavy (non-hydrogen) atoms. The molecule has 1 amide bonds. The van der Waals surface area contributed by atoms with Crippen LogP contribution in [0, 0.1) is 0 Å². The summed E-state index contributed by atoms with van der Waals surface area (Å²) in [4.78, 5) is 13.1. The lowest BCUT2D eigenvalue weighted by molar-refractivity contribution is 0.0904. The molecule has 2 N–H and O–H groups in total. The molecule has 7 nitrogen and oxygen atoms in total. The fraction of sp³-hybridized carbons (Fsp3) is 0.333. The minimum Gasteiger partial charge on any atom is -0.394 e. The Labute approximate surface area is 120 Å². The van der Waals surface area contributed by atoms with Crippen molar-refractivity contribution in [1.29, 1.82) is 0 Å². The second kappa shape index (κ2) is 6.44. The Morgan fingerprint density at radius 3 is 2.75 bits per heavy atom. The van der Waals surface area contributed by atoms with Crippen molar-refractivity contribution in [3.8, 4) is 5.69 Å². The number of rotatable bonds is 5. The first-order valence-corrected chi connectivity index (χ1v) is 6.49. The van der Waals surface area contributed by atoms with Crippen molar-refractivity contribution in [2.75, 3.05) is 6.61 Å². The zero-order valence-electron chi connectivity index (χ0n) is 10.8. The number of hydrogen-bond acceptors (Lipinski definition) is 5. The van der Waals surface area contributed by atoms with E-state index in [9.17, 15) is 4.79 Å². The summed E-state index contributed by atoms with van der Waals surface area (Å²) < 4.78 is 0. The Bertz CT molecular complexity index is 580. The Kier molecular flexibility index (Phi) is 4.65. The van der Waals surface area contributed by atoms with Gasteiger partial charge in [-0.05, 0) is 35.9 Å². The van der Waals surface area contributed by atoms with E-state index in [1.54, 1.807) is 24.3 Å². The maximum atomic E-state index is 11.8. The number of hydrogen-bond donors (Lipinski definition) is 2. The van der Waals surface area contributed by atoms with Crippen molar-refractivity contribution in [2.24, 2.45) is 0 Å². The van der Waals surface area contributed by atoms with Gasteiger partial charge >= 0.3 is 0 Å². The van der Waals surface area contributed by atoms with E-state index in [0.717, 1.165) is 0 Å². The molecule has 1 unspecified atom stereocenters. The first-order valence-electron chi connectivity index (χ1n) is 6.11. The van der Waals surface area contributed by atoms with Crippen LogP contribution in [0.15, 0.2) is 24.3 Å². The number of aliphatic hydroxyl groups is 1. The van der Waals surface area contributed by atoms with Crippen LogP contribution in [-0.2, 0) is 0 Å². The van der Waals surface area contributed by atoms with E-state index in [0.29, 0.717) is 17.1 Å². The summed E-state index contributed by atoms with van der Waals surface area (Å²) in [7, 11) is 0. The van der Waals surface area contributed by atoms with Gasteiger partial charge < -0.3 is 10.4 Å². The van der Waals surface area contributed by atoms with Crippen LogP contribution in [0.2, 0.25) is 5.02 Å². The average molecular weight is 296 g/mol. The van der Waals surface area contributed by atoms with Gasteiger partial charge in [-0.2, -0.15) is 0 Å². The number of tetrazole rings is 1. The molecule has 1 heterocycles. The molecule has 106 valence electrons. The third-order valence-corrected chi connectivity index (χ3v) is 2.97. The molecule has 0 aliphatic heterocycles. The van der Waals surface area contributed by atoms with Crippen LogP contribution >= 0.6 is 11.6 Å². The SMILES string of the molecule is CCC(CO)NC(=O)c1nnn(-c2ccc(Cl)cc2)n1. The fourth-order valence-corrected chi connectivity index (χ4v) is 1.64. The van der Waals surface area contributed by atoms with E-state index in [-0.39, 0.29) is 18.5 Å². The Morgan fingerprint density at radius 2 is 2.15 bits per heavy atom. The molecule has 1 aromatic carbocycles. The van der Waals surface area contributed by atoms with Crippen LogP contribution in [0.1, 0.15) is 24.0 Å². The van der Waals surface area contributed by atoms with Gasteiger partial charge in [0.25, 0.3) is 11.7 Å². The smallest absolute Gasteiger partial charge is 0.293 e. The molecule has 2 aromatic rings. The zero-order valence-corrected chi connectivity index (χ0v) is 11.6. The quantitative estimate of drug-likeness (QED) is 0.852. The predicted octanol–water partition coefficient (Wildman–Crippen LogP) is 0.816. The Balaban J connectivity index is 2.12. The van der Waals surface area contributed by atoms with Crippen LogP contribution in [-0.4, -0.2) is 43.9 Å². The molecule has 0 saturated heterocycles. The summed E-state index contributed by atoms with van der Waals surface area (Å²) in [5.74, 6) is -0.516. The molecule has 0 radical (unpaired) electrons. The fourth-order valence-electron chi connectivity index (χ4n) is 1.52. The topological polar surface area (TPSA) is 92.9 Å². The van der Waals surface area contributed by atoms with Crippen molar-refractivity contribution < 1.29 is 9.90 Å². The number of nitrogens with one attached hydrogen (secondary N) is 1. The van der Waals surface area contributed by atoms with E-state index in [1.807, 2.05) is 6.92 Å². The Hall–Kier alpha value is -1.99. The largest absolute Gasteiger partial charge is 0.394 e. The van der Waals surface area contributed by atoms with Gasteiger partial charge in [0.2, 0.25) is 0 Å². The average Bonchev–Trinajstić information content (AvgIpc) is 2.95. The molecule has 0 fully saturated rings. The first kappa shape index (κ1) is 14.4. The standard InChI is InChI=1S/C12H14ClN5O2/c1-2-9(7-19)14-12(20)11-15-17-18(16-11)10-5-3-8(13)4-6-10/h3-6,9,19H,2,7H2,1H3,(H,14,20). The van der Waals surface area contributed by atoms with E-state index in [4.69, 9.17) is 16.7 Å². The number of nitrogens with zero attached hydrogens (tertiary/aromatic N) is 4. The van der Waals surface area contributed by atoms with Crippen molar-refractivity contribution >= 4 is 17.5 Å². The molecule has 0 aliphatic carbocycles. The summed E-state index contributed by atoms with van der Waals surface area (Å²) in [6, 6.07) is 6.50. The van der Waals surface area contributed by atoms with Gasteiger partial charge in [0.05, 0.1) is 18.3 Å². The molecule has 0 aliphatic rings. The highest BCUT2D eigenvalue weighted by atomic mass is 35.5. The molecule has 1 aromatic heterocycles. The van der Waals surface area contributed by atoms with Crippen molar-refractivity contribution in [2.45, 2.75) is 19.4 Å². The molecule has 0 bridgehead atoms. The van der Waals surface area contributed by atoms with Gasteiger partial charge in [0.1, 0.15) is 0 Å². The lowest BCUT2D eigenvalue weighted by Crippen LogP contribution is -2.37. The van der Waals surface area contributed by atoms with Gasteiger partial charge in [-0.3, -0.25) is 4.79 Å². The number of amides is 1. The van der Waals surface area contributed by atoms with Crippen LogP contribution in [0.4, 0.5) is 0 Å². The van der Waals surface area contributed by atoms with E-state index in [2.05, 4.69) is 20.7 Å². The van der Waals surface area contributed by atoms with Crippen molar-refractivity contribution in [3.05, 3.63) is 35.1 Å². The van der Waals surface area contributed by atoms with Crippen molar-refractivity contribution in [1.82, 2.24) is 25.5 Å². The third kappa shape index (κ3) is 3.31. The van der Waals surface area contributed by atoms with Gasteiger partial charge in [-0.1, -0.05) is 18.5 Å². The summed E-state index contributed by atoms with van der Waals surface area (Å²) in [6.45, 7) is 1.73. The van der Waals surface area contributed by atoms with E-state index >= 15 is 0 Å².